The fraction of sp³-hybridized carbons (Fsp3) is 0.333. The number of β-amino-alcohol motifs (C(OH)–C–C–N with tert-alkyl or cyclic N) is 1. The number of benzene rings is 3. The van der Waals surface area contributed by atoms with Crippen molar-refractivity contribution in [2.45, 2.75) is 13.0 Å². The van der Waals surface area contributed by atoms with E-state index in [2.05, 4.69) is 28.9 Å². The van der Waals surface area contributed by atoms with Crippen molar-refractivity contribution >= 4 is 10.8 Å². The number of aliphatic hydroxyl groups excluding tert-OH is 1. The first-order valence-electron chi connectivity index (χ1n) is 10.0. The summed E-state index contributed by atoms with van der Waals surface area (Å²) in [5, 5.41) is 10.7. The number of hydrogen-bond acceptors (Lipinski definition) is 3. The van der Waals surface area contributed by atoms with Crippen LogP contribution in [0, 0.1) is 5.82 Å². The summed E-state index contributed by atoms with van der Waals surface area (Å²) in [7, 11) is 0. The predicted octanol–water partition coefficient (Wildman–Crippen LogP) is 4.32. The molecule has 4 rings (SSSR count). The maximum atomic E-state index is 15.0. The molecule has 1 atom stereocenters. The maximum Gasteiger partial charge on any atom is 0.138 e. The summed E-state index contributed by atoms with van der Waals surface area (Å²) in [5.74, 6) is -0.154. The summed E-state index contributed by atoms with van der Waals surface area (Å²) >= 11 is 0. The molecule has 4 heteroatoms. The Kier molecular flexibility index (Phi) is 5.72. The van der Waals surface area contributed by atoms with Gasteiger partial charge in [-0.25, -0.2) is 4.39 Å². The first-order chi connectivity index (χ1) is 13.7. The maximum absolute atomic E-state index is 15.0. The van der Waals surface area contributed by atoms with Gasteiger partial charge < -0.3 is 5.11 Å². The van der Waals surface area contributed by atoms with Crippen molar-refractivity contribution in [3.05, 3.63) is 72.0 Å². The van der Waals surface area contributed by atoms with Crippen LogP contribution >= 0.6 is 0 Å². The number of fused-ring (bicyclic) bond motifs is 1. The molecular formula is C24H27FN2O. The highest BCUT2D eigenvalue weighted by molar-refractivity contribution is 5.88. The summed E-state index contributed by atoms with van der Waals surface area (Å²) in [4.78, 5) is 4.77. The summed E-state index contributed by atoms with van der Waals surface area (Å²) in [5.41, 5.74) is 2.81. The highest BCUT2D eigenvalue weighted by Crippen LogP contribution is 2.30. The van der Waals surface area contributed by atoms with Crippen molar-refractivity contribution in [1.82, 2.24) is 9.80 Å². The number of aliphatic hydroxyl groups is 1. The molecule has 1 N–H and O–H groups in total. The molecule has 1 saturated heterocycles. The van der Waals surface area contributed by atoms with Crippen LogP contribution in [-0.2, 0) is 0 Å². The Morgan fingerprint density at radius 1 is 0.929 bits per heavy atom. The van der Waals surface area contributed by atoms with Gasteiger partial charge in [0.2, 0.25) is 0 Å². The van der Waals surface area contributed by atoms with Crippen molar-refractivity contribution in [2.24, 2.45) is 0 Å². The standard InChI is InChI=1S/C24H27FN2O/c1-18(27-14-12-26(13-15-27)16-17-28)19-6-8-21(9-7-19)23-11-10-20-4-2-3-5-22(20)24(23)25/h2-11,18,28H,12-17H2,1H3. The lowest BCUT2D eigenvalue weighted by Crippen LogP contribution is -2.47. The van der Waals surface area contributed by atoms with Crippen LogP contribution in [0.1, 0.15) is 18.5 Å². The van der Waals surface area contributed by atoms with E-state index in [1.54, 1.807) is 0 Å². The van der Waals surface area contributed by atoms with Gasteiger partial charge in [-0.15, -0.1) is 0 Å². The smallest absolute Gasteiger partial charge is 0.138 e. The minimum atomic E-state index is -0.154. The normalized spacial score (nSPS) is 17.1. The molecule has 1 fully saturated rings. The zero-order valence-corrected chi connectivity index (χ0v) is 16.3. The largest absolute Gasteiger partial charge is 0.395 e. The molecule has 0 spiro atoms. The van der Waals surface area contributed by atoms with Crippen LogP contribution in [0.5, 0.6) is 0 Å². The number of piperazine rings is 1. The van der Waals surface area contributed by atoms with Crippen LogP contribution < -0.4 is 0 Å². The van der Waals surface area contributed by atoms with Crippen molar-refractivity contribution in [3.8, 4) is 11.1 Å². The number of halogens is 1. The van der Waals surface area contributed by atoms with Gasteiger partial charge in [-0.2, -0.15) is 0 Å². The first-order valence-corrected chi connectivity index (χ1v) is 10.0. The van der Waals surface area contributed by atoms with Crippen LogP contribution in [0.4, 0.5) is 4.39 Å². The average Bonchev–Trinajstić information content (AvgIpc) is 2.75. The van der Waals surface area contributed by atoms with Crippen molar-refractivity contribution in [1.29, 1.82) is 0 Å². The van der Waals surface area contributed by atoms with Crippen molar-refractivity contribution in [2.75, 3.05) is 39.3 Å². The third kappa shape index (κ3) is 3.81. The SMILES string of the molecule is CC(c1ccc(-c2ccc3ccccc3c2F)cc1)N1CCN(CCO)CC1. The van der Waals surface area contributed by atoms with Gasteiger partial charge in [0.25, 0.3) is 0 Å². The Morgan fingerprint density at radius 2 is 1.64 bits per heavy atom. The molecule has 0 radical (unpaired) electrons. The van der Waals surface area contributed by atoms with Crippen molar-refractivity contribution in [3.63, 3.8) is 0 Å². The predicted molar refractivity (Wildman–Crippen MR) is 113 cm³/mol. The number of rotatable bonds is 5. The van der Waals surface area contributed by atoms with Crippen LogP contribution in [0.25, 0.3) is 21.9 Å². The summed E-state index contributed by atoms with van der Waals surface area (Å²) in [6, 6.07) is 20.1. The van der Waals surface area contributed by atoms with E-state index < -0.39 is 0 Å². The van der Waals surface area contributed by atoms with Crippen LogP contribution in [0.15, 0.2) is 60.7 Å². The molecule has 0 aliphatic carbocycles. The van der Waals surface area contributed by atoms with Gasteiger partial charge in [0.05, 0.1) is 6.61 Å². The van der Waals surface area contributed by atoms with E-state index in [-0.39, 0.29) is 12.4 Å². The topological polar surface area (TPSA) is 26.7 Å². The second-order valence-electron chi connectivity index (χ2n) is 7.55. The Morgan fingerprint density at radius 3 is 2.36 bits per heavy atom. The van der Waals surface area contributed by atoms with Gasteiger partial charge in [0, 0.05) is 49.7 Å². The fourth-order valence-electron chi connectivity index (χ4n) is 4.12. The minimum Gasteiger partial charge on any atom is -0.395 e. The minimum absolute atomic E-state index is 0.154. The van der Waals surface area contributed by atoms with Crippen molar-refractivity contribution < 1.29 is 9.50 Å². The fourth-order valence-corrected chi connectivity index (χ4v) is 4.12. The molecule has 3 aromatic carbocycles. The molecule has 1 aliphatic rings. The van der Waals surface area contributed by atoms with Gasteiger partial charge in [0.15, 0.2) is 0 Å². The molecule has 0 saturated carbocycles. The van der Waals surface area contributed by atoms with Crippen LogP contribution in [0.3, 0.4) is 0 Å². The van der Waals surface area contributed by atoms with Gasteiger partial charge in [-0.3, -0.25) is 9.80 Å². The quantitative estimate of drug-likeness (QED) is 0.716. The Labute approximate surface area is 166 Å². The lowest BCUT2D eigenvalue weighted by Gasteiger charge is -2.38. The Hall–Kier alpha value is -2.27. The third-order valence-electron chi connectivity index (χ3n) is 5.94. The molecule has 1 heterocycles. The van der Waals surface area contributed by atoms with Gasteiger partial charge in [-0.05, 0) is 23.4 Å². The monoisotopic (exact) mass is 378 g/mol. The molecule has 3 aromatic rings. The summed E-state index contributed by atoms with van der Waals surface area (Å²) in [6.07, 6.45) is 0. The average molecular weight is 378 g/mol. The summed E-state index contributed by atoms with van der Waals surface area (Å²) in [6.45, 7) is 7.20. The molecule has 1 unspecified atom stereocenters. The van der Waals surface area contributed by atoms with Gasteiger partial charge in [-0.1, -0.05) is 60.7 Å². The van der Waals surface area contributed by atoms with E-state index in [9.17, 15) is 4.39 Å². The zero-order chi connectivity index (χ0) is 19.5. The molecule has 28 heavy (non-hydrogen) atoms. The van der Waals surface area contributed by atoms with E-state index in [0.717, 1.165) is 43.7 Å². The number of hydrogen-bond donors (Lipinski definition) is 1. The Bertz CT molecular complexity index is 933. The van der Waals surface area contributed by atoms with E-state index in [1.807, 2.05) is 48.5 Å². The summed E-state index contributed by atoms with van der Waals surface area (Å²) < 4.78 is 15.0. The molecular weight excluding hydrogens is 351 g/mol. The molecule has 0 aromatic heterocycles. The highest BCUT2D eigenvalue weighted by Gasteiger charge is 2.21. The molecule has 1 aliphatic heterocycles. The molecule has 3 nitrogen and oxygen atoms in total. The van der Waals surface area contributed by atoms with Gasteiger partial charge in [0.1, 0.15) is 5.82 Å². The lowest BCUT2D eigenvalue weighted by atomic mass is 9.97. The highest BCUT2D eigenvalue weighted by atomic mass is 19.1. The molecule has 146 valence electrons. The first kappa shape index (κ1) is 19.1. The Balaban J connectivity index is 1.51. The van der Waals surface area contributed by atoms with Gasteiger partial charge >= 0.3 is 0 Å². The molecule has 0 amide bonds. The van der Waals surface area contributed by atoms with E-state index in [1.165, 1.54) is 5.56 Å². The number of nitrogens with zero attached hydrogens (tertiary/aromatic N) is 2. The third-order valence-corrected chi connectivity index (χ3v) is 5.94. The van der Waals surface area contributed by atoms with Crippen LogP contribution in [0.2, 0.25) is 0 Å². The second kappa shape index (κ2) is 8.39. The molecule has 0 bridgehead atoms. The zero-order valence-electron chi connectivity index (χ0n) is 16.3. The van der Waals surface area contributed by atoms with E-state index in [0.29, 0.717) is 17.0 Å². The van der Waals surface area contributed by atoms with Crippen LogP contribution in [-0.4, -0.2) is 54.2 Å². The van der Waals surface area contributed by atoms with E-state index >= 15 is 0 Å². The lowest BCUT2D eigenvalue weighted by molar-refractivity contribution is 0.0888. The second-order valence-corrected chi connectivity index (χ2v) is 7.55. The van der Waals surface area contributed by atoms with E-state index in [4.69, 9.17) is 5.11 Å².